The highest BCUT2D eigenvalue weighted by atomic mass is 16.5. The molecule has 1 rings (SSSR count). The zero-order chi connectivity index (χ0) is 11.8. The minimum Gasteiger partial charge on any atom is -0.481 e. The second kappa shape index (κ2) is 7.60. The van der Waals surface area contributed by atoms with Crippen LogP contribution < -0.4 is 10.6 Å². The second-order valence-electron chi connectivity index (χ2n) is 4.31. The number of morpholine rings is 1. The molecule has 16 heavy (non-hydrogen) atoms. The Hall–Kier alpha value is -0.650. The van der Waals surface area contributed by atoms with Gasteiger partial charge in [-0.05, 0) is 26.3 Å². The molecule has 1 saturated heterocycles. The van der Waals surface area contributed by atoms with Gasteiger partial charge in [0.2, 0.25) is 0 Å². The molecule has 1 aliphatic rings. The molecule has 5 nitrogen and oxygen atoms in total. The summed E-state index contributed by atoms with van der Waals surface area (Å²) in [7, 11) is 0. The minimum atomic E-state index is -0.725. The van der Waals surface area contributed by atoms with Crippen molar-refractivity contribution in [1.82, 2.24) is 10.6 Å². The Balaban J connectivity index is 2.01. The normalized spacial score (nSPS) is 22.9. The maximum absolute atomic E-state index is 10.3. The first kappa shape index (κ1) is 13.4. The van der Waals surface area contributed by atoms with Crippen molar-refractivity contribution in [2.24, 2.45) is 0 Å². The van der Waals surface area contributed by atoms with Gasteiger partial charge in [0.1, 0.15) is 0 Å². The van der Waals surface area contributed by atoms with E-state index in [0.29, 0.717) is 18.5 Å². The highest BCUT2D eigenvalue weighted by Crippen LogP contribution is 2.02. The number of ether oxygens (including phenoxy) is 1. The third kappa shape index (κ3) is 6.05. The van der Waals surface area contributed by atoms with Gasteiger partial charge in [-0.15, -0.1) is 0 Å². The van der Waals surface area contributed by atoms with E-state index in [4.69, 9.17) is 9.84 Å². The van der Waals surface area contributed by atoms with Gasteiger partial charge in [-0.2, -0.15) is 0 Å². The molecule has 1 aliphatic heterocycles. The second-order valence-corrected chi connectivity index (χ2v) is 4.31. The number of hydrogen-bond acceptors (Lipinski definition) is 4. The maximum atomic E-state index is 10.3. The first-order valence-corrected chi connectivity index (χ1v) is 5.95. The van der Waals surface area contributed by atoms with Crippen LogP contribution in [0.1, 0.15) is 26.2 Å². The molecule has 2 atom stereocenters. The summed E-state index contributed by atoms with van der Waals surface area (Å²) in [6.07, 6.45) is 1.95. The van der Waals surface area contributed by atoms with Crippen molar-refractivity contribution in [3.8, 4) is 0 Å². The molecule has 5 heteroatoms. The smallest absolute Gasteiger partial charge is 0.303 e. The van der Waals surface area contributed by atoms with Crippen LogP contribution in [0, 0.1) is 0 Å². The lowest BCUT2D eigenvalue weighted by molar-refractivity contribution is -0.137. The van der Waals surface area contributed by atoms with Crippen molar-refractivity contribution in [2.45, 2.75) is 38.3 Å². The Labute approximate surface area is 96.6 Å². The largest absolute Gasteiger partial charge is 0.481 e. The first-order valence-electron chi connectivity index (χ1n) is 5.95. The van der Waals surface area contributed by atoms with E-state index in [2.05, 4.69) is 17.6 Å². The lowest BCUT2D eigenvalue weighted by Gasteiger charge is -2.26. The molecular weight excluding hydrogens is 208 g/mol. The zero-order valence-corrected chi connectivity index (χ0v) is 9.87. The summed E-state index contributed by atoms with van der Waals surface area (Å²) in [6.45, 7) is 5.40. The summed E-state index contributed by atoms with van der Waals surface area (Å²) in [5, 5.41) is 15.2. The molecule has 2 unspecified atom stereocenters. The Morgan fingerprint density at radius 1 is 1.69 bits per heavy atom. The summed E-state index contributed by atoms with van der Waals surface area (Å²) in [4.78, 5) is 10.3. The molecule has 0 aromatic heterocycles. The zero-order valence-electron chi connectivity index (χ0n) is 9.87. The van der Waals surface area contributed by atoms with E-state index in [1.54, 1.807) is 0 Å². The van der Waals surface area contributed by atoms with Crippen LogP contribution in [-0.2, 0) is 9.53 Å². The summed E-state index contributed by atoms with van der Waals surface area (Å²) in [5.74, 6) is -0.725. The van der Waals surface area contributed by atoms with E-state index < -0.39 is 5.97 Å². The van der Waals surface area contributed by atoms with Crippen LogP contribution in [0.15, 0.2) is 0 Å². The third-order valence-corrected chi connectivity index (χ3v) is 2.70. The van der Waals surface area contributed by atoms with Gasteiger partial charge < -0.3 is 20.5 Å². The molecule has 0 amide bonds. The quantitative estimate of drug-likeness (QED) is 0.545. The van der Waals surface area contributed by atoms with Crippen molar-refractivity contribution in [1.29, 1.82) is 0 Å². The summed E-state index contributed by atoms with van der Waals surface area (Å²) >= 11 is 0. The predicted molar refractivity (Wildman–Crippen MR) is 61.6 cm³/mol. The molecule has 3 N–H and O–H groups in total. The van der Waals surface area contributed by atoms with Crippen molar-refractivity contribution in [3.05, 3.63) is 0 Å². The molecule has 0 bridgehead atoms. The summed E-state index contributed by atoms with van der Waals surface area (Å²) in [6, 6.07) is 0.823. The van der Waals surface area contributed by atoms with E-state index in [1.165, 1.54) is 0 Å². The average Bonchev–Trinajstić information content (AvgIpc) is 2.25. The van der Waals surface area contributed by atoms with Gasteiger partial charge in [0, 0.05) is 25.0 Å². The topological polar surface area (TPSA) is 70.6 Å². The Morgan fingerprint density at radius 3 is 3.12 bits per heavy atom. The molecule has 0 aliphatic carbocycles. The summed E-state index contributed by atoms with van der Waals surface area (Å²) < 4.78 is 5.37. The van der Waals surface area contributed by atoms with Crippen LogP contribution in [-0.4, -0.2) is 49.5 Å². The van der Waals surface area contributed by atoms with E-state index in [9.17, 15) is 4.79 Å². The number of nitrogens with one attached hydrogen (secondary N) is 2. The molecule has 1 heterocycles. The first-order chi connectivity index (χ1) is 7.68. The van der Waals surface area contributed by atoms with Crippen LogP contribution in [0.3, 0.4) is 0 Å². The number of hydrogen-bond donors (Lipinski definition) is 3. The maximum Gasteiger partial charge on any atom is 0.303 e. The van der Waals surface area contributed by atoms with E-state index in [-0.39, 0.29) is 6.42 Å². The molecule has 1 fully saturated rings. The number of carboxylic acids is 1. The summed E-state index contributed by atoms with van der Waals surface area (Å²) in [5.41, 5.74) is 0. The van der Waals surface area contributed by atoms with E-state index in [0.717, 1.165) is 32.7 Å². The fourth-order valence-corrected chi connectivity index (χ4v) is 1.87. The SMILES string of the molecule is CC(CC1COCCN1)NCCCC(=O)O. The van der Waals surface area contributed by atoms with E-state index >= 15 is 0 Å². The fraction of sp³-hybridized carbons (Fsp3) is 0.909. The average molecular weight is 230 g/mol. The van der Waals surface area contributed by atoms with Crippen molar-refractivity contribution >= 4 is 5.97 Å². The van der Waals surface area contributed by atoms with Crippen LogP contribution in [0.2, 0.25) is 0 Å². The monoisotopic (exact) mass is 230 g/mol. The van der Waals surface area contributed by atoms with Gasteiger partial charge in [-0.25, -0.2) is 0 Å². The fourth-order valence-electron chi connectivity index (χ4n) is 1.87. The highest BCUT2D eigenvalue weighted by molar-refractivity contribution is 5.66. The Morgan fingerprint density at radius 2 is 2.50 bits per heavy atom. The van der Waals surface area contributed by atoms with Gasteiger partial charge in [-0.1, -0.05) is 0 Å². The molecular formula is C11H22N2O3. The van der Waals surface area contributed by atoms with Crippen molar-refractivity contribution in [3.63, 3.8) is 0 Å². The Bertz CT molecular complexity index is 205. The van der Waals surface area contributed by atoms with Crippen LogP contribution in [0.4, 0.5) is 0 Å². The lowest BCUT2D eigenvalue weighted by Crippen LogP contribution is -2.45. The minimum absolute atomic E-state index is 0.241. The molecule has 0 aromatic carbocycles. The van der Waals surface area contributed by atoms with Crippen LogP contribution >= 0.6 is 0 Å². The lowest BCUT2D eigenvalue weighted by atomic mass is 10.1. The van der Waals surface area contributed by atoms with E-state index in [1.807, 2.05) is 0 Å². The number of carbonyl (C=O) groups is 1. The molecule has 94 valence electrons. The van der Waals surface area contributed by atoms with Gasteiger partial charge in [-0.3, -0.25) is 4.79 Å². The molecule has 0 spiro atoms. The predicted octanol–water partition coefficient (Wildman–Crippen LogP) is 0.208. The molecule has 0 saturated carbocycles. The van der Waals surface area contributed by atoms with Crippen LogP contribution in [0.25, 0.3) is 0 Å². The third-order valence-electron chi connectivity index (χ3n) is 2.70. The number of carboxylic acid groups (broad SMARTS) is 1. The van der Waals surface area contributed by atoms with Gasteiger partial charge in [0.15, 0.2) is 0 Å². The van der Waals surface area contributed by atoms with Gasteiger partial charge in [0.25, 0.3) is 0 Å². The standard InChI is InChI=1S/C11H22N2O3/c1-9(12-4-2-3-11(14)15)7-10-8-16-6-5-13-10/h9-10,12-13H,2-8H2,1H3,(H,14,15). The van der Waals surface area contributed by atoms with Gasteiger partial charge in [0.05, 0.1) is 13.2 Å². The molecule has 0 radical (unpaired) electrons. The number of rotatable bonds is 7. The van der Waals surface area contributed by atoms with Crippen molar-refractivity contribution < 1.29 is 14.6 Å². The Kier molecular flexibility index (Phi) is 6.37. The van der Waals surface area contributed by atoms with Gasteiger partial charge >= 0.3 is 5.97 Å². The molecule has 0 aromatic rings. The number of aliphatic carboxylic acids is 1. The van der Waals surface area contributed by atoms with Crippen molar-refractivity contribution in [2.75, 3.05) is 26.3 Å². The van der Waals surface area contributed by atoms with Crippen LogP contribution in [0.5, 0.6) is 0 Å². The highest BCUT2D eigenvalue weighted by Gasteiger charge is 2.15.